The van der Waals surface area contributed by atoms with Crippen LogP contribution in [0, 0.1) is 0 Å². The summed E-state index contributed by atoms with van der Waals surface area (Å²) in [6, 6.07) is 11.1. The van der Waals surface area contributed by atoms with E-state index < -0.39 is 24.5 Å². The summed E-state index contributed by atoms with van der Waals surface area (Å²) in [7, 11) is 0. The average molecular weight is 426 g/mol. The molecule has 4 nitrogen and oxygen atoms in total. The first-order valence-electron chi connectivity index (χ1n) is 7.84. The number of hydrogen-bond acceptors (Lipinski definition) is 2. The Kier molecular flexibility index (Phi) is 5.04. The Morgan fingerprint density at radius 2 is 1.88 bits per heavy atom. The minimum Gasteiger partial charge on any atom is -0.366 e. The van der Waals surface area contributed by atoms with Gasteiger partial charge in [0, 0.05) is 21.8 Å². The van der Waals surface area contributed by atoms with Crippen LogP contribution in [0.4, 0.5) is 13.2 Å². The van der Waals surface area contributed by atoms with Crippen LogP contribution >= 0.6 is 15.9 Å². The van der Waals surface area contributed by atoms with Crippen molar-refractivity contribution in [1.29, 1.82) is 0 Å². The van der Waals surface area contributed by atoms with Gasteiger partial charge in [0.05, 0.1) is 17.8 Å². The lowest BCUT2D eigenvalue weighted by atomic mass is 10.00. The molecule has 0 aliphatic carbocycles. The predicted molar refractivity (Wildman–Crippen MR) is 95.8 cm³/mol. The molecule has 136 valence electrons. The fraction of sp³-hybridized carbons (Fsp3) is 0.222. The molecule has 1 heterocycles. The average Bonchev–Trinajstić information content (AvgIpc) is 2.97. The molecular weight excluding hydrogens is 411 g/mol. The number of carbonyl (C=O) groups excluding carboxylic acids is 1. The molecule has 0 saturated heterocycles. The summed E-state index contributed by atoms with van der Waals surface area (Å²) < 4.78 is 40.9. The molecule has 0 aliphatic heterocycles. The minimum atomic E-state index is -4.27. The number of fused-ring (bicyclic) bond motifs is 1. The number of benzene rings is 2. The number of primary amides is 1. The van der Waals surface area contributed by atoms with Crippen LogP contribution in [0.3, 0.4) is 0 Å². The fourth-order valence-electron chi connectivity index (χ4n) is 2.87. The first-order valence-corrected chi connectivity index (χ1v) is 8.63. The molecule has 8 heteroatoms. The molecule has 1 unspecified atom stereocenters. The molecule has 3 rings (SSSR count). The number of alkyl halides is 3. The number of halogens is 4. The second-order valence-corrected chi connectivity index (χ2v) is 6.86. The fourth-order valence-corrected chi connectivity index (χ4v) is 3.25. The van der Waals surface area contributed by atoms with Gasteiger partial charge in [0.15, 0.2) is 0 Å². The molecule has 1 amide bonds. The lowest BCUT2D eigenvalue weighted by molar-refractivity contribution is -0.136. The third-order valence-corrected chi connectivity index (χ3v) is 4.63. The Labute approximate surface area is 155 Å². The molecule has 3 aromatic rings. The van der Waals surface area contributed by atoms with Crippen LogP contribution in [0.25, 0.3) is 10.9 Å². The van der Waals surface area contributed by atoms with Crippen molar-refractivity contribution in [3.8, 4) is 0 Å². The molecule has 2 aromatic carbocycles. The van der Waals surface area contributed by atoms with Gasteiger partial charge in [-0.05, 0) is 42.3 Å². The van der Waals surface area contributed by atoms with Crippen LogP contribution in [0.1, 0.15) is 34.8 Å². The zero-order valence-corrected chi connectivity index (χ0v) is 15.1. The molecule has 1 aromatic heterocycles. The molecule has 0 spiro atoms. The second kappa shape index (κ2) is 7.11. The Hall–Kier alpha value is -2.35. The van der Waals surface area contributed by atoms with E-state index in [2.05, 4.69) is 21.0 Å². The van der Waals surface area contributed by atoms with E-state index in [0.29, 0.717) is 11.1 Å². The monoisotopic (exact) mass is 425 g/mol. The van der Waals surface area contributed by atoms with Gasteiger partial charge in [-0.1, -0.05) is 28.1 Å². The first kappa shape index (κ1) is 18.4. The SMILES string of the molecule is NC(=O)c1ccc(C(CCC(F)(F)F)n2ncc3cc(Br)ccc32)cc1. The van der Waals surface area contributed by atoms with Gasteiger partial charge < -0.3 is 5.73 Å². The van der Waals surface area contributed by atoms with Crippen molar-refractivity contribution in [2.45, 2.75) is 25.1 Å². The highest BCUT2D eigenvalue weighted by Gasteiger charge is 2.30. The molecule has 26 heavy (non-hydrogen) atoms. The smallest absolute Gasteiger partial charge is 0.366 e. The van der Waals surface area contributed by atoms with Gasteiger partial charge >= 0.3 is 6.18 Å². The maximum Gasteiger partial charge on any atom is 0.389 e. The maximum absolute atomic E-state index is 12.8. The topological polar surface area (TPSA) is 60.9 Å². The number of amides is 1. The molecular formula is C18H15BrF3N3O. The molecule has 0 bridgehead atoms. The van der Waals surface area contributed by atoms with E-state index in [4.69, 9.17) is 5.73 Å². The number of nitrogens with two attached hydrogens (primary N) is 1. The van der Waals surface area contributed by atoms with Gasteiger partial charge in [-0.25, -0.2) is 0 Å². The largest absolute Gasteiger partial charge is 0.389 e. The summed E-state index contributed by atoms with van der Waals surface area (Å²) in [4.78, 5) is 11.2. The Morgan fingerprint density at radius 3 is 2.50 bits per heavy atom. The molecule has 0 aliphatic rings. The summed E-state index contributed by atoms with van der Waals surface area (Å²) in [5, 5.41) is 5.13. The Bertz CT molecular complexity index is 935. The van der Waals surface area contributed by atoms with E-state index in [1.54, 1.807) is 23.0 Å². The molecule has 0 radical (unpaired) electrons. The number of rotatable bonds is 5. The lowest BCUT2D eigenvalue weighted by Gasteiger charge is -2.20. The predicted octanol–water partition coefficient (Wildman–Crippen LogP) is 4.83. The Morgan fingerprint density at radius 1 is 1.19 bits per heavy atom. The van der Waals surface area contributed by atoms with Crippen LogP contribution in [-0.4, -0.2) is 21.9 Å². The van der Waals surface area contributed by atoms with Gasteiger partial charge in [0.1, 0.15) is 0 Å². The van der Waals surface area contributed by atoms with E-state index in [9.17, 15) is 18.0 Å². The molecule has 1 atom stereocenters. The third-order valence-electron chi connectivity index (χ3n) is 4.13. The summed E-state index contributed by atoms with van der Waals surface area (Å²) >= 11 is 3.37. The minimum absolute atomic E-state index is 0.160. The standard InChI is InChI=1S/C18H15BrF3N3O/c19-14-5-6-15-13(9-14)10-24-25(15)16(7-8-18(20,21)22)11-1-3-12(4-2-11)17(23)26/h1-6,9-10,16H,7-8H2,(H2,23,26). The van der Waals surface area contributed by atoms with Crippen molar-refractivity contribution >= 4 is 32.7 Å². The highest BCUT2D eigenvalue weighted by Crippen LogP contribution is 2.32. The summed E-state index contributed by atoms with van der Waals surface area (Å²) in [5.74, 6) is -0.585. The van der Waals surface area contributed by atoms with Gasteiger partial charge in [0.2, 0.25) is 5.91 Å². The number of hydrogen-bond donors (Lipinski definition) is 1. The molecule has 2 N–H and O–H groups in total. The van der Waals surface area contributed by atoms with Crippen LogP contribution < -0.4 is 5.73 Å². The quantitative estimate of drug-likeness (QED) is 0.636. The Balaban J connectivity index is 2.03. The number of carbonyl (C=O) groups is 1. The zero-order chi connectivity index (χ0) is 18.9. The van der Waals surface area contributed by atoms with Crippen molar-refractivity contribution in [1.82, 2.24) is 9.78 Å². The molecule has 0 fully saturated rings. The van der Waals surface area contributed by atoms with E-state index in [1.807, 2.05) is 18.2 Å². The highest BCUT2D eigenvalue weighted by molar-refractivity contribution is 9.10. The van der Waals surface area contributed by atoms with E-state index in [1.165, 1.54) is 12.1 Å². The lowest BCUT2D eigenvalue weighted by Crippen LogP contribution is -2.17. The molecule has 0 saturated carbocycles. The summed E-state index contributed by atoms with van der Waals surface area (Å²) in [5.41, 5.74) is 6.90. The first-order chi connectivity index (χ1) is 12.2. The number of aromatic nitrogens is 2. The van der Waals surface area contributed by atoms with Crippen LogP contribution in [0.2, 0.25) is 0 Å². The van der Waals surface area contributed by atoms with Crippen molar-refractivity contribution < 1.29 is 18.0 Å². The van der Waals surface area contributed by atoms with Gasteiger partial charge in [-0.3, -0.25) is 9.48 Å². The van der Waals surface area contributed by atoms with Crippen molar-refractivity contribution in [2.24, 2.45) is 5.73 Å². The van der Waals surface area contributed by atoms with Crippen LogP contribution in [0.15, 0.2) is 53.1 Å². The van der Waals surface area contributed by atoms with Gasteiger partial charge in [-0.15, -0.1) is 0 Å². The zero-order valence-electron chi connectivity index (χ0n) is 13.5. The number of nitrogens with zero attached hydrogens (tertiary/aromatic N) is 2. The highest BCUT2D eigenvalue weighted by atomic mass is 79.9. The van der Waals surface area contributed by atoms with E-state index >= 15 is 0 Å². The van der Waals surface area contributed by atoms with E-state index in [0.717, 1.165) is 15.4 Å². The van der Waals surface area contributed by atoms with E-state index in [-0.39, 0.29) is 6.42 Å². The summed E-state index contributed by atoms with van der Waals surface area (Å²) in [6.45, 7) is 0. The van der Waals surface area contributed by atoms with Gasteiger partial charge in [-0.2, -0.15) is 18.3 Å². The normalized spacial score (nSPS) is 13.1. The van der Waals surface area contributed by atoms with Crippen LogP contribution in [0.5, 0.6) is 0 Å². The van der Waals surface area contributed by atoms with Crippen molar-refractivity contribution in [3.05, 3.63) is 64.3 Å². The van der Waals surface area contributed by atoms with Crippen molar-refractivity contribution in [2.75, 3.05) is 0 Å². The maximum atomic E-state index is 12.8. The second-order valence-electron chi connectivity index (χ2n) is 5.95. The van der Waals surface area contributed by atoms with Crippen LogP contribution in [-0.2, 0) is 0 Å². The summed E-state index contributed by atoms with van der Waals surface area (Å²) in [6.07, 6.45) is -3.74. The van der Waals surface area contributed by atoms with Gasteiger partial charge in [0.25, 0.3) is 0 Å². The van der Waals surface area contributed by atoms with Crippen molar-refractivity contribution in [3.63, 3.8) is 0 Å². The third kappa shape index (κ3) is 4.07.